The normalized spacial score (nSPS) is 10.2. The van der Waals surface area contributed by atoms with Gasteiger partial charge >= 0.3 is 11.1 Å². The van der Waals surface area contributed by atoms with Crippen molar-refractivity contribution in [2.45, 2.75) is 6.54 Å². The highest BCUT2D eigenvalue weighted by molar-refractivity contribution is 8.93. The van der Waals surface area contributed by atoms with Gasteiger partial charge in [-0.05, 0) is 12.6 Å². The molecule has 102 valence electrons. The van der Waals surface area contributed by atoms with Crippen molar-refractivity contribution in [1.82, 2.24) is 15.3 Å². The molecular weight excluding hydrogens is 320 g/mol. The van der Waals surface area contributed by atoms with Crippen LogP contribution in [0.1, 0.15) is 5.56 Å². The number of nitrogens with one attached hydrogen (secondary N) is 3. The maximum Gasteiger partial charge on any atom is 0.314 e. The van der Waals surface area contributed by atoms with Crippen molar-refractivity contribution in [3.63, 3.8) is 0 Å². The van der Waals surface area contributed by atoms with Crippen molar-refractivity contribution in [2.24, 2.45) is 0 Å². The minimum Gasteiger partial charge on any atom is -0.316 e. The predicted molar refractivity (Wildman–Crippen MR) is 74.9 cm³/mol. The average Bonchev–Trinajstić information content (AvgIpc) is 2.31. The molecule has 0 spiro atoms. The van der Waals surface area contributed by atoms with Crippen LogP contribution in [0, 0.1) is 10.1 Å². The molecular formula is C10H11BrN4O4. The number of hydrogen-bond donors (Lipinski definition) is 3. The number of benzene rings is 1. The fourth-order valence-corrected chi connectivity index (χ4v) is 1.72. The Labute approximate surface area is 116 Å². The van der Waals surface area contributed by atoms with Gasteiger partial charge in [0, 0.05) is 18.7 Å². The highest BCUT2D eigenvalue weighted by Crippen LogP contribution is 2.21. The summed E-state index contributed by atoms with van der Waals surface area (Å²) in [5.74, 6) is 0. The van der Waals surface area contributed by atoms with E-state index in [0.717, 1.165) is 0 Å². The lowest BCUT2D eigenvalue weighted by Gasteiger charge is -2.05. The number of halogens is 1. The molecule has 0 bridgehead atoms. The van der Waals surface area contributed by atoms with Gasteiger partial charge in [0.2, 0.25) is 0 Å². The number of nitro groups is 1. The lowest BCUT2D eigenvalue weighted by Crippen LogP contribution is -2.29. The summed E-state index contributed by atoms with van der Waals surface area (Å²) in [6, 6.07) is 2.57. The molecule has 2 aromatic rings. The highest BCUT2D eigenvalue weighted by atomic mass is 79.9. The number of hydrogen-bond acceptors (Lipinski definition) is 5. The van der Waals surface area contributed by atoms with E-state index in [9.17, 15) is 19.7 Å². The van der Waals surface area contributed by atoms with Crippen LogP contribution in [-0.2, 0) is 6.54 Å². The van der Waals surface area contributed by atoms with Gasteiger partial charge in [0.25, 0.3) is 5.69 Å². The van der Waals surface area contributed by atoms with Gasteiger partial charge in [0.15, 0.2) is 0 Å². The quantitative estimate of drug-likeness (QED) is 0.428. The zero-order valence-corrected chi connectivity index (χ0v) is 11.6. The summed E-state index contributed by atoms with van der Waals surface area (Å²) in [7, 11) is 1.68. The summed E-state index contributed by atoms with van der Waals surface area (Å²) in [6.07, 6.45) is 0. The zero-order chi connectivity index (χ0) is 13.3. The molecule has 0 atom stereocenters. The molecule has 1 heterocycles. The first-order chi connectivity index (χ1) is 8.52. The number of aromatic nitrogens is 2. The van der Waals surface area contributed by atoms with E-state index in [2.05, 4.69) is 15.3 Å². The molecule has 0 saturated heterocycles. The fraction of sp³-hybridized carbons (Fsp3) is 0.200. The van der Waals surface area contributed by atoms with Gasteiger partial charge in [-0.1, -0.05) is 0 Å². The van der Waals surface area contributed by atoms with E-state index in [1.165, 1.54) is 12.1 Å². The summed E-state index contributed by atoms with van der Waals surface area (Å²) in [6.45, 7) is 0.333. The summed E-state index contributed by atoms with van der Waals surface area (Å²) in [5, 5.41) is 13.6. The summed E-state index contributed by atoms with van der Waals surface area (Å²) >= 11 is 0. The average molecular weight is 331 g/mol. The van der Waals surface area contributed by atoms with E-state index in [1.807, 2.05) is 0 Å². The Morgan fingerprint density at radius 1 is 1.26 bits per heavy atom. The molecule has 1 aromatic heterocycles. The molecule has 0 unspecified atom stereocenters. The Morgan fingerprint density at radius 2 is 1.89 bits per heavy atom. The van der Waals surface area contributed by atoms with Crippen LogP contribution in [0.5, 0.6) is 0 Å². The topological polar surface area (TPSA) is 121 Å². The molecule has 1 aromatic carbocycles. The second kappa shape index (κ2) is 5.76. The van der Waals surface area contributed by atoms with Crippen LogP contribution in [0.25, 0.3) is 11.0 Å². The van der Waals surface area contributed by atoms with Crippen molar-refractivity contribution in [2.75, 3.05) is 7.05 Å². The van der Waals surface area contributed by atoms with E-state index in [-0.39, 0.29) is 28.2 Å². The maximum absolute atomic E-state index is 11.3. The molecule has 0 aliphatic rings. The molecule has 8 nitrogen and oxygen atoms in total. The first-order valence-electron chi connectivity index (χ1n) is 5.11. The minimum absolute atomic E-state index is 0. The third-order valence-corrected chi connectivity index (χ3v) is 2.48. The van der Waals surface area contributed by atoms with E-state index in [1.54, 1.807) is 7.05 Å². The van der Waals surface area contributed by atoms with Crippen LogP contribution in [0.4, 0.5) is 5.69 Å². The number of nitro benzene ring substituents is 1. The number of nitrogens with zero attached hydrogens (tertiary/aromatic N) is 1. The Morgan fingerprint density at radius 3 is 2.47 bits per heavy atom. The third kappa shape index (κ3) is 2.88. The van der Waals surface area contributed by atoms with Gasteiger partial charge < -0.3 is 15.3 Å². The first-order valence-corrected chi connectivity index (χ1v) is 5.11. The fourth-order valence-electron chi connectivity index (χ4n) is 1.72. The Balaban J connectivity index is 0.00000180. The minimum atomic E-state index is -0.835. The first kappa shape index (κ1) is 15.1. The molecule has 3 N–H and O–H groups in total. The Kier molecular flexibility index (Phi) is 4.57. The zero-order valence-electron chi connectivity index (χ0n) is 9.85. The summed E-state index contributed by atoms with van der Waals surface area (Å²) in [4.78, 5) is 37.4. The van der Waals surface area contributed by atoms with Crippen molar-refractivity contribution in [3.05, 3.63) is 48.5 Å². The molecule has 2 rings (SSSR count). The third-order valence-electron chi connectivity index (χ3n) is 2.48. The van der Waals surface area contributed by atoms with E-state index >= 15 is 0 Å². The van der Waals surface area contributed by atoms with Crippen LogP contribution < -0.4 is 16.4 Å². The van der Waals surface area contributed by atoms with Gasteiger partial charge in [0.05, 0.1) is 16.0 Å². The van der Waals surface area contributed by atoms with E-state index < -0.39 is 16.0 Å². The summed E-state index contributed by atoms with van der Waals surface area (Å²) < 4.78 is 0. The van der Waals surface area contributed by atoms with Gasteiger partial charge in [-0.15, -0.1) is 17.0 Å². The predicted octanol–water partition coefficient (Wildman–Crippen LogP) is 0.422. The molecule has 0 aliphatic carbocycles. The van der Waals surface area contributed by atoms with Crippen molar-refractivity contribution >= 4 is 33.7 Å². The highest BCUT2D eigenvalue weighted by Gasteiger charge is 2.13. The maximum atomic E-state index is 11.3. The van der Waals surface area contributed by atoms with Crippen LogP contribution in [-0.4, -0.2) is 21.9 Å². The van der Waals surface area contributed by atoms with Crippen LogP contribution in [0.2, 0.25) is 0 Å². The van der Waals surface area contributed by atoms with Crippen LogP contribution in [0.3, 0.4) is 0 Å². The van der Waals surface area contributed by atoms with Gasteiger partial charge in [-0.25, -0.2) is 0 Å². The van der Waals surface area contributed by atoms with Gasteiger partial charge in [-0.2, -0.15) is 0 Å². The smallest absolute Gasteiger partial charge is 0.314 e. The lowest BCUT2D eigenvalue weighted by atomic mass is 10.1. The Hall–Kier alpha value is -2.00. The molecule has 0 aliphatic heterocycles. The number of rotatable bonds is 3. The van der Waals surface area contributed by atoms with Gasteiger partial charge in [0.1, 0.15) is 0 Å². The van der Waals surface area contributed by atoms with Crippen molar-refractivity contribution < 1.29 is 4.92 Å². The number of aromatic amines is 2. The molecule has 19 heavy (non-hydrogen) atoms. The SMILES string of the molecule is Br.CNCc1cc([N+](=O)[O-])cc2[nH]c(=O)c(=O)[nH]c12. The number of non-ortho nitro benzene ring substituents is 1. The van der Waals surface area contributed by atoms with Crippen LogP contribution in [0.15, 0.2) is 21.7 Å². The van der Waals surface area contributed by atoms with Gasteiger partial charge in [-0.3, -0.25) is 19.7 Å². The molecule has 0 fully saturated rings. The Bertz CT molecular complexity index is 736. The second-order valence-electron chi connectivity index (χ2n) is 3.72. The molecule has 0 radical (unpaired) electrons. The second-order valence-corrected chi connectivity index (χ2v) is 3.72. The van der Waals surface area contributed by atoms with Crippen molar-refractivity contribution in [1.29, 1.82) is 0 Å². The largest absolute Gasteiger partial charge is 0.316 e. The summed E-state index contributed by atoms with van der Waals surface area (Å²) in [5.41, 5.74) is -0.601. The van der Waals surface area contributed by atoms with Crippen molar-refractivity contribution in [3.8, 4) is 0 Å². The molecule has 9 heteroatoms. The van der Waals surface area contributed by atoms with E-state index in [0.29, 0.717) is 17.6 Å². The van der Waals surface area contributed by atoms with Crippen LogP contribution >= 0.6 is 17.0 Å². The molecule has 0 saturated carbocycles. The standard InChI is InChI=1S/C10H10N4O4.BrH/c1-11-4-5-2-6(14(17)18)3-7-8(5)13-10(16)9(15)12-7;/h2-3,11H,4H2,1H3,(H,12,15)(H,13,16);1H. The number of fused-ring (bicyclic) bond motifs is 1. The number of H-pyrrole nitrogens is 2. The van der Waals surface area contributed by atoms with E-state index in [4.69, 9.17) is 0 Å². The monoisotopic (exact) mass is 330 g/mol. The lowest BCUT2D eigenvalue weighted by molar-refractivity contribution is -0.384. The molecule has 0 amide bonds.